The Hall–Kier alpha value is -1.98. The summed E-state index contributed by atoms with van der Waals surface area (Å²) >= 11 is 0. The Morgan fingerprint density at radius 2 is 2.05 bits per heavy atom. The van der Waals surface area contributed by atoms with E-state index in [2.05, 4.69) is 0 Å². The van der Waals surface area contributed by atoms with Crippen LogP contribution < -0.4 is 4.74 Å². The van der Waals surface area contributed by atoms with Crippen molar-refractivity contribution in [2.45, 2.75) is 25.9 Å². The lowest BCUT2D eigenvalue weighted by Crippen LogP contribution is -2.06. The van der Waals surface area contributed by atoms with E-state index in [1.54, 1.807) is 0 Å². The molecule has 0 atom stereocenters. The van der Waals surface area contributed by atoms with E-state index in [-0.39, 0.29) is 17.9 Å². The van der Waals surface area contributed by atoms with Gasteiger partial charge in [0, 0.05) is 11.1 Å². The molecule has 3 nitrogen and oxygen atoms in total. The number of halogens is 3. The summed E-state index contributed by atoms with van der Waals surface area (Å²) in [6.07, 6.45) is -3.41. The quantitative estimate of drug-likeness (QED) is 0.800. The number of allylic oxidation sites excluding steroid dienone is 1. The first-order valence-electron chi connectivity index (χ1n) is 6.08. The van der Waals surface area contributed by atoms with Crippen molar-refractivity contribution in [1.82, 2.24) is 0 Å². The van der Waals surface area contributed by atoms with Gasteiger partial charge in [-0.25, -0.2) is 4.79 Å². The summed E-state index contributed by atoms with van der Waals surface area (Å²) < 4.78 is 43.4. The Kier molecular flexibility index (Phi) is 3.74. The largest absolute Gasteiger partial charge is 0.493 e. The van der Waals surface area contributed by atoms with Crippen LogP contribution in [-0.4, -0.2) is 17.7 Å². The lowest BCUT2D eigenvalue weighted by molar-refractivity contribution is -0.137. The molecule has 2 rings (SSSR count). The molecule has 0 aliphatic carbocycles. The third-order valence-corrected chi connectivity index (χ3v) is 3.24. The van der Waals surface area contributed by atoms with Gasteiger partial charge in [0.25, 0.3) is 0 Å². The molecule has 0 saturated heterocycles. The van der Waals surface area contributed by atoms with Crippen molar-refractivity contribution >= 4 is 11.5 Å². The second kappa shape index (κ2) is 5.19. The van der Waals surface area contributed by atoms with Gasteiger partial charge in [0.05, 0.1) is 12.2 Å². The third-order valence-electron chi connectivity index (χ3n) is 3.24. The highest BCUT2D eigenvalue weighted by Crippen LogP contribution is 2.39. The Labute approximate surface area is 113 Å². The number of benzene rings is 1. The SMILES string of the molecule is CC(C(=O)O)=C1CCCOc2cc(C(F)(F)F)ccc21. The summed E-state index contributed by atoms with van der Waals surface area (Å²) in [7, 11) is 0. The summed E-state index contributed by atoms with van der Waals surface area (Å²) in [5, 5.41) is 9.06. The molecule has 1 heterocycles. The van der Waals surface area contributed by atoms with Crippen molar-refractivity contribution in [2.24, 2.45) is 0 Å². The summed E-state index contributed by atoms with van der Waals surface area (Å²) in [4.78, 5) is 11.1. The van der Waals surface area contributed by atoms with E-state index < -0.39 is 17.7 Å². The minimum atomic E-state index is -4.45. The number of fused-ring (bicyclic) bond motifs is 1. The Morgan fingerprint density at radius 3 is 2.65 bits per heavy atom. The average molecular weight is 286 g/mol. The lowest BCUT2D eigenvalue weighted by Gasteiger charge is -2.13. The van der Waals surface area contributed by atoms with E-state index in [4.69, 9.17) is 9.84 Å². The standard InChI is InChI=1S/C14H13F3O3/c1-8(13(18)19)10-3-2-6-20-12-7-9(14(15,16)17)4-5-11(10)12/h4-5,7H,2-3,6H2,1H3,(H,18,19). The zero-order valence-corrected chi connectivity index (χ0v) is 10.8. The van der Waals surface area contributed by atoms with Crippen LogP contribution in [0, 0.1) is 0 Å². The molecule has 0 radical (unpaired) electrons. The summed E-state index contributed by atoms with van der Waals surface area (Å²) in [6, 6.07) is 3.16. The van der Waals surface area contributed by atoms with Crippen molar-refractivity contribution in [3.8, 4) is 5.75 Å². The normalized spacial score (nSPS) is 17.8. The predicted octanol–water partition coefficient (Wildman–Crippen LogP) is 3.74. The second-order valence-corrected chi connectivity index (χ2v) is 4.57. The molecule has 0 spiro atoms. The molecule has 20 heavy (non-hydrogen) atoms. The maximum absolute atomic E-state index is 12.7. The predicted molar refractivity (Wildman–Crippen MR) is 66.4 cm³/mol. The molecule has 1 aromatic rings. The van der Waals surface area contributed by atoms with Crippen molar-refractivity contribution < 1.29 is 27.8 Å². The van der Waals surface area contributed by atoms with E-state index in [9.17, 15) is 18.0 Å². The molecule has 1 N–H and O–H groups in total. The van der Waals surface area contributed by atoms with Gasteiger partial charge in [-0.15, -0.1) is 0 Å². The van der Waals surface area contributed by atoms with Crippen molar-refractivity contribution in [3.05, 3.63) is 34.9 Å². The fraction of sp³-hybridized carbons (Fsp3) is 0.357. The van der Waals surface area contributed by atoms with Gasteiger partial charge in [0.15, 0.2) is 0 Å². The molecule has 6 heteroatoms. The maximum atomic E-state index is 12.7. The molecular formula is C14H13F3O3. The van der Waals surface area contributed by atoms with Gasteiger partial charge in [-0.2, -0.15) is 13.2 Å². The number of alkyl halides is 3. The monoisotopic (exact) mass is 286 g/mol. The zero-order chi connectivity index (χ0) is 14.9. The Morgan fingerprint density at radius 1 is 1.35 bits per heavy atom. The van der Waals surface area contributed by atoms with Gasteiger partial charge < -0.3 is 9.84 Å². The highest BCUT2D eigenvalue weighted by molar-refractivity contribution is 5.96. The van der Waals surface area contributed by atoms with Crippen LogP contribution >= 0.6 is 0 Å². The van der Waals surface area contributed by atoms with Crippen LogP contribution in [0.3, 0.4) is 0 Å². The minimum Gasteiger partial charge on any atom is -0.493 e. The van der Waals surface area contributed by atoms with Gasteiger partial charge in [-0.1, -0.05) is 6.07 Å². The molecule has 0 bridgehead atoms. The molecule has 1 aliphatic heterocycles. The van der Waals surface area contributed by atoms with Gasteiger partial charge in [-0.05, 0) is 37.5 Å². The molecule has 108 valence electrons. The summed E-state index contributed by atoms with van der Waals surface area (Å²) in [5.74, 6) is -0.985. The molecule has 1 aliphatic rings. The lowest BCUT2D eigenvalue weighted by atomic mass is 9.95. The zero-order valence-electron chi connectivity index (χ0n) is 10.8. The van der Waals surface area contributed by atoms with E-state index in [0.29, 0.717) is 24.0 Å². The van der Waals surface area contributed by atoms with Crippen molar-refractivity contribution in [2.75, 3.05) is 6.61 Å². The van der Waals surface area contributed by atoms with E-state index in [1.165, 1.54) is 13.0 Å². The topological polar surface area (TPSA) is 46.5 Å². The highest BCUT2D eigenvalue weighted by Gasteiger charge is 2.32. The second-order valence-electron chi connectivity index (χ2n) is 4.57. The number of hydrogen-bond donors (Lipinski definition) is 1. The van der Waals surface area contributed by atoms with Crippen LogP contribution in [0.25, 0.3) is 5.57 Å². The number of hydrogen-bond acceptors (Lipinski definition) is 2. The van der Waals surface area contributed by atoms with E-state index in [1.807, 2.05) is 0 Å². The third kappa shape index (κ3) is 2.79. The highest BCUT2D eigenvalue weighted by atomic mass is 19.4. The minimum absolute atomic E-state index is 0.0907. The number of carbonyl (C=O) groups is 1. The van der Waals surface area contributed by atoms with Crippen molar-refractivity contribution in [3.63, 3.8) is 0 Å². The van der Waals surface area contributed by atoms with Gasteiger partial charge in [0.2, 0.25) is 0 Å². The number of aliphatic carboxylic acids is 1. The Bertz CT molecular complexity index is 574. The molecule has 0 amide bonds. The van der Waals surface area contributed by atoms with Gasteiger partial charge in [-0.3, -0.25) is 0 Å². The fourth-order valence-corrected chi connectivity index (χ4v) is 2.15. The number of rotatable bonds is 1. The van der Waals surface area contributed by atoms with Gasteiger partial charge in [0.1, 0.15) is 5.75 Å². The van der Waals surface area contributed by atoms with Crippen LogP contribution in [0.5, 0.6) is 5.75 Å². The molecule has 0 unspecified atom stereocenters. The molecular weight excluding hydrogens is 273 g/mol. The molecule has 0 aromatic heterocycles. The van der Waals surface area contributed by atoms with Crippen LogP contribution in [0.1, 0.15) is 30.9 Å². The van der Waals surface area contributed by atoms with Crippen molar-refractivity contribution in [1.29, 1.82) is 0 Å². The molecule has 0 fully saturated rings. The summed E-state index contributed by atoms with van der Waals surface area (Å²) in [5.41, 5.74) is 0.288. The smallest absolute Gasteiger partial charge is 0.416 e. The number of carboxylic acids is 1. The maximum Gasteiger partial charge on any atom is 0.416 e. The van der Waals surface area contributed by atoms with Gasteiger partial charge >= 0.3 is 12.1 Å². The first-order chi connectivity index (χ1) is 9.30. The number of ether oxygens (including phenoxy) is 1. The van der Waals surface area contributed by atoms with Crippen LogP contribution in [0.15, 0.2) is 23.8 Å². The molecule has 1 aromatic carbocycles. The van der Waals surface area contributed by atoms with E-state index >= 15 is 0 Å². The first-order valence-corrected chi connectivity index (χ1v) is 6.08. The average Bonchev–Trinajstić information content (AvgIpc) is 2.58. The summed E-state index contributed by atoms with van der Waals surface area (Å²) in [6.45, 7) is 1.72. The Balaban J connectivity index is 2.57. The van der Waals surface area contributed by atoms with Crippen LogP contribution in [0.2, 0.25) is 0 Å². The first kappa shape index (κ1) is 14.4. The fourth-order valence-electron chi connectivity index (χ4n) is 2.15. The van der Waals surface area contributed by atoms with E-state index in [0.717, 1.165) is 12.1 Å². The van der Waals surface area contributed by atoms with Crippen LogP contribution in [-0.2, 0) is 11.0 Å². The molecule has 0 saturated carbocycles. The van der Waals surface area contributed by atoms with Crippen LogP contribution in [0.4, 0.5) is 13.2 Å². The number of carboxylic acid groups (broad SMARTS) is 1.